The molecule has 258 valence electrons. The third-order valence-corrected chi connectivity index (χ3v) is 11.2. The number of hydrogen-bond donors (Lipinski definition) is 0. The van der Waals surface area contributed by atoms with E-state index in [1.54, 1.807) is 0 Å². The number of hydrogen-bond acceptors (Lipinski definition) is 5. The van der Waals surface area contributed by atoms with Gasteiger partial charge >= 0.3 is 0 Å². The Morgan fingerprint density at radius 1 is 0.327 bits per heavy atom. The van der Waals surface area contributed by atoms with Gasteiger partial charge in [-0.3, -0.25) is 0 Å². The van der Waals surface area contributed by atoms with Crippen molar-refractivity contribution in [2.45, 2.75) is 0 Å². The Morgan fingerprint density at radius 3 is 1.36 bits per heavy atom. The molecule has 0 aliphatic carbocycles. The van der Waals surface area contributed by atoms with Crippen LogP contribution < -0.4 is 0 Å². The summed E-state index contributed by atoms with van der Waals surface area (Å²) >= 11 is 1.85. The SMILES string of the molecule is c1ccc(-c2nc(-c3ccccc3)nc(-c3cccc(-c4cccc(-c5c(-c6ccccc6)sc6c5c(-c5ccccc5)nc5ccccc56)c4)c3)n2)cc1. The predicted molar refractivity (Wildman–Crippen MR) is 229 cm³/mol. The molecule has 0 bridgehead atoms. The van der Waals surface area contributed by atoms with Gasteiger partial charge in [0, 0.05) is 48.2 Å². The number of aromatic nitrogens is 4. The summed E-state index contributed by atoms with van der Waals surface area (Å²) in [6, 6.07) is 67.4. The molecule has 0 spiro atoms. The molecule has 0 radical (unpaired) electrons. The van der Waals surface area contributed by atoms with Crippen molar-refractivity contribution < 1.29 is 0 Å². The number of nitrogens with zero attached hydrogens (tertiary/aromatic N) is 4. The van der Waals surface area contributed by atoms with Gasteiger partial charge < -0.3 is 0 Å². The molecule has 0 unspecified atom stereocenters. The van der Waals surface area contributed by atoms with Crippen molar-refractivity contribution in [3.05, 3.63) is 194 Å². The second-order valence-corrected chi connectivity index (χ2v) is 14.4. The van der Waals surface area contributed by atoms with Crippen LogP contribution in [0.25, 0.3) is 99.1 Å². The van der Waals surface area contributed by atoms with Crippen LogP contribution in [0.15, 0.2) is 194 Å². The maximum absolute atomic E-state index is 5.34. The summed E-state index contributed by atoms with van der Waals surface area (Å²) in [5, 5.41) is 2.34. The highest BCUT2D eigenvalue weighted by molar-refractivity contribution is 7.24. The molecule has 0 aliphatic rings. The number of pyridine rings is 1. The van der Waals surface area contributed by atoms with Crippen molar-refractivity contribution in [1.29, 1.82) is 0 Å². The molecule has 10 aromatic rings. The minimum atomic E-state index is 0.631. The highest BCUT2D eigenvalue weighted by Gasteiger charge is 2.23. The molecule has 3 heterocycles. The summed E-state index contributed by atoms with van der Waals surface area (Å²) in [7, 11) is 0. The summed E-state index contributed by atoms with van der Waals surface area (Å²) in [4.78, 5) is 21.5. The largest absolute Gasteiger partial charge is 0.247 e. The van der Waals surface area contributed by atoms with Crippen molar-refractivity contribution >= 4 is 32.3 Å². The van der Waals surface area contributed by atoms with Crippen LogP contribution in [0.4, 0.5) is 0 Å². The first kappa shape index (κ1) is 32.6. The molecule has 5 heteroatoms. The van der Waals surface area contributed by atoms with Gasteiger partial charge in [0.25, 0.3) is 0 Å². The number of rotatable bonds is 7. The lowest BCUT2D eigenvalue weighted by Crippen LogP contribution is -2.00. The minimum Gasteiger partial charge on any atom is -0.247 e. The molecule has 0 amide bonds. The number of benzene rings is 7. The number of fused-ring (bicyclic) bond motifs is 3. The van der Waals surface area contributed by atoms with E-state index in [-0.39, 0.29) is 0 Å². The van der Waals surface area contributed by atoms with Crippen LogP contribution in [0.1, 0.15) is 0 Å². The number of thiophene rings is 1. The summed E-state index contributed by atoms with van der Waals surface area (Å²) in [5.74, 6) is 1.92. The second-order valence-electron chi connectivity index (χ2n) is 13.4. The zero-order valence-corrected chi connectivity index (χ0v) is 30.5. The van der Waals surface area contributed by atoms with E-state index < -0.39 is 0 Å². The van der Waals surface area contributed by atoms with E-state index in [4.69, 9.17) is 19.9 Å². The van der Waals surface area contributed by atoms with Gasteiger partial charge in [0.2, 0.25) is 0 Å². The van der Waals surface area contributed by atoms with Crippen LogP contribution in [0.5, 0.6) is 0 Å². The predicted octanol–water partition coefficient (Wildman–Crippen LogP) is 13.3. The van der Waals surface area contributed by atoms with Gasteiger partial charge in [-0.25, -0.2) is 19.9 Å². The fraction of sp³-hybridized carbons (Fsp3) is 0. The molecule has 4 nitrogen and oxygen atoms in total. The summed E-state index contributed by atoms with van der Waals surface area (Å²) in [6.07, 6.45) is 0. The van der Waals surface area contributed by atoms with Gasteiger partial charge in [-0.2, -0.15) is 0 Å². The lowest BCUT2D eigenvalue weighted by Gasteiger charge is -2.12. The molecule has 7 aromatic carbocycles. The van der Waals surface area contributed by atoms with Gasteiger partial charge in [0.15, 0.2) is 17.5 Å². The van der Waals surface area contributed by atoms with E-state index in [9.17, 15) is 0 Å². The van der Waals surface area contributed by atoms with E-state index >= 15 is 0 Å². The highest BCUT2D eigenvalue weighted by Crippen LogP contribution is 2.50. The minimum absolute atomic E-state index is 0.631. The Bertz CT molecular complexity index is 2900. The van der Waals surface area contributed by atoms with Gasteiger partial charge in [0.05, 0.1) is 11.2 Å². The first-order valence-electron chi connectivity index (χ1n) is 18.3. The molecule has 3 aromatic heterocycles. The van der Waals surface area contributed by atoms with Gasteiger partial charge in [-0.1, -0.05) is 176 Å². The Labute approximate surface area is 323 Å². The molecule has 0 aliphatic heterocycles. The lowest BCUT2D eigenvalue weighted by atomic mass is 9.92. The van der Waals surface area contributed by atoms with Crippen molar-refractivity contribution in [2.24, 2.45) is 0 Å². The van der Waals surface area contributed by atoms with Crippen LogP contribution in [-0.2, 0) is 0 Å². The second kappa shape index (κ2) is 14.0. The Morgan fingerprint density at radius 2 is 0.764 bits per heavy atom. The van der Waals surface area contributed by atoms with Crippen LogP contribution in [-0.4, -0.2) is 19.9 Å². The third-order valence-electron chi connectivity index (χ3n) is 9.91. The fourth-order valence-corrected chi connectivity index (χ4v) is 8.65. The Hall–Kier alpha value is -7.08. The quantitative estimate of drug-likeness (QED) is 0.164. The maximum Gasteiger partial charge on any atom is 0.164 e. The van der Waals surface area contributed by atoms with E-state index in [0.717, 1.165) is 55.5 Å². The summed E-state index contributed by atoms with van der Waals surface area (Å²) in [6.45, 7) is 0. The summed E-state index contributed by atoms with van der Waals surface area (Å²) < 4.78 is 1.24. The van der Waals surface area contributed by atoms with E-state index in [2.05, 4.69) is 133 Å². The van der Waals surface area contributed by atoms with Gasteiger partial charge in [-0.15, -0.1) is 11.3 Å². The third kappa shape index (κ3) is 6.17. The average molecular weight is 721 g/mol. The maximum atomic E-state index is 5.34. The fourth-order valence-electron chi connectivity index (χ4n) is 7.29. The molecular formula is C50H32N4S. The van der Waals surface area contributed by atoms with Crippen molar-refractivity contribution in [2.75, 3.05) is 0 Å². The molecule has 10 rings (SSSR count). The normalized spacial score (nSPS) is 11.3. The van der Waals surface area contributed by atoms with Crippen molar-refractivity contribution in [1.82, 2.24) is 19.9 Å². The van der Waals surface area contributed by atoms with Crippen LogP contribution >= 0.6 is 11.3 Å². The molecule has 0 saturated carbocycles. The van der Waals surface area contributed by atoms with Crippen LogP contribution in [0.3, 0.4) is 0 Å². The highest BCUT2D eigenvalue weighted by atomic mass is 32.1. The topological polar surface area (TPSA) is 51.6 Å². The van der Waals surface area contributed by atoms with Crippen molar-refractivity contribution in [3.63, 3.8) is 0 Å². The molecule has 0 fully saturated rings. The first-order valence-corrected chi connectivity index (χ1v) is 19.1. The summed E-state index contributed by atoms with van der Waals surface area (Å²) in [5.41, 5.74) is 11.6. The monoisotopic (exact) mass is 720 g/mol. The zero-order valence-electron chi connectivity index (χ0n) is 29.7. The van der Waals surface area contributed by atoms with E-state index in [1.165, 1.54) is 26.1 Å². The molecule has 55 heavy (non-hydrogen) atoms. The lowest BCUT2D eigenvalue weighted by molar-refractivity contribution is 1.07. The van der Waals surface area contributed by atoms with Crippen LogP contribution in [0.2, 0.25) is 0 Å². The number of para-hydroxylation sites is 1. The van der Waals surface area contributed by atoms with Gasteiger partial charge in [-0.05, 0) is 40.5 Å². The molecule has 0 atom stereocenters. The van der Waals surface area contributed by atoms with E-state index in [1.807, 2.05) is 72.0 Å². The first-order chi connectivity index (χ1) is 27.3. The Kier molecular flexibility index (Phi) is 8.32. The smallest absolute Gasteiger partial charge is 0.164 e. The van der Waals surface area contributed by atoms with E-state index in [0.29, 0.717) is 17.5 Å². The van der Waals surface area contributed by atoms with Crippen molar-refractivity contribution in [3.8, 4) is 78.1 Å². The molecular weight excluding hydrogens is 689 g/mol. The van der Waals surface area contributed by atoms with Gasteiger partial charge in [0.1, 0.15) is 0 Å². The molecule has 0 saturated heterocycles. The molecule has 0 N–H and O–H groups in total. The Balaban J connectivity index is 1.16. The van der Waals surface area contributed by atoms with Crippen LogP contribution in [0, 0.1) is 0 Å². The zero-order chi connectivity index (χ0) is 36.6. The average Bonchev–Trinajstić information content (AvgIpc) is 3.69. The standard InChI is InChI=1S/C50H32N4S/c1-5-17-33(18-6-1)45-44-43(46(34-19-7-2-8-20-34)55-47(44)41-29-13-14-30-42(41)51-45)39-27-15-25-37(31-39)38-26-16-28-40(32-38)50-53-48(35-21-9-3-10-22-35)52-49(54-50)36-23-11-4-12-24-36/h1-32H.